The van der Waals surface area contributed by atoms with E-state index >= 15 is 0 Å². The zero-order valence-electron chi connectivity index (χ0n) is 19.9. The van der Waals surface area contributed by atoms with Gasteiger partial charge in [0, 0.05) is 10.8 Å². The molecular weight excluding hydrogens is 360 g/mol. The maximum absolute atomic E-state index is 11.4. The summed E-state index contributed by atoms with van der Waals surface area (Å²) < 4.78 is 9.81. The molecule has 0 saturated carbocycles. The van der Waals surface area contributed by atoms with Gasteiger partial charge in [0.05, 0.1) is 10.8 Å². The number of carbonyl (C=O) groups excluding carboxylic acids is 4. The largest absolute Gasteiger partial charge is 0.457 e. The molecule has 6 heteroatoms. The van der Waals surface area contributed by atoms with Crippen molar-refractivity contribution in [2.24, 2.45) is 21.7 Å². The Balaban J connectivity index is 0. The highest BCUT2D eigenvalue weighted by molar-refractivity contribution is 5.88. The van der Waals surface area contributed by atoms with Gasteiger partial charge in [0.2, 0.25) is 0 Å². The van der Waals surface area contributed by atoms with Crippen LogP contribution in [0.1, 0.15) is 83.1 Å². The number of ether oxygens (including phenoxy) is 2. The van der Waals surface area contributed by atoms with E-state index in [0.29, 0.717) is 0 Å². The minimum Gasteiger partial charge on any atom is -0.457 e. The summed E-state index contributed by atoms with van der Waals surface area (Å²) in [6, 6.07) is 0. The Morgan fingerprint density at radius 1 is 0.464 bits per heavy atom. The Morgan fingerprint density at radius 2 is 0.679 bits per heavy atom. The predicted octanol–water partition coefficient (Wildman–Crippen LogP) is 4.38. The fraction of sp³-hybridized carbons (Fsp3) is 0.818. The van der Waals surface area contributed by atoms with Crippen molar-refractivity contribution in [2.45, 2.75) is 83.1 Å². The topological polar surface area (TPSA) is 86.7 Å². The highest BCUT2D eigenvalue weighted by Crippen LogP contribution is 2.19. The van der Waals surface area contributed by atoms with Gasteiger partial charge in [-0.1, -0.05) is 41.5 Å². The van der Waals surface area contributed by atoms with Gasteiger partial charge in [-0.25, -0.2) is 0 Å². The molecule has 0 aromatic rings. The van der Waals surface area contributed by atoms with E-state index in [-0.39, 0.29) is 36.7 Å². The predicted molar refractivity (Wildman–Crippen MR) is 110 cm³/mol. The molecule has 0 aliphatic rings. The second-order valence-corrected chi connectivity index (χ2v) is 11.0. The Morgan fingerprint density at radius 3 is 0.821 bits per heavy atom. The lowest BCUT2D eigenvalue weighted by molar-refractivity contribution is -0.157. The molecule has 28 heavy (non-hydrogen) atoms. The van der Waals surface area contributed by atoms with Crippen molar-refractivity contribution in [2.75, 3.05) is 13.2 Å². The van der Waals surface area contributed by atoms with Gasteiger partial charge in [-0.05, 0) is 41.5 Å². The van der Waals surface area contributed by atoms with Gasteiger partial charge in [-0.15, -0.1) is 0 Å². The molecule has 0 unspecified atom stereocenters. The maximum atomic E-state index is 11.4. The molecule has 0 saturated heterocycles. The smallest absolute Gasteiger partial charge is 0.311 e. The molecule has 6 nitrogen and oxygen atoms in total. The first kappa shape index (κ1) is 28.5. The van der Waals surface area contributed by atoms with E-state index in [9.17, 15) is 19.2 Å². The fourth-order valence-corrected chi connectivity index (χ4v) is 1.13. The summed E-state index contributed by atoms with van der Waals surface area (Å²) in [5, 5.41) is 0. The van der Waals surface area contributed by atoms with Crippen molar-refractivity contribution < 1.29 is 28.7 Å². The summed E-state index contributed by atoms with van der Waals surface area (Å²) in [6.07, 6.45) is 0. The first-order valence-electron chi connectivity index (χ1n) is 9.51. The number of Topliss-reactive ketones (excluding diaryl/α,β-unsaturated/α-hetero) is 2. The Bertz CT molecular complexity index is 456. The van der Waals surface area contributed by atoms with Gasteiger partial charge in [0.15, 0.2) is 24.8 Å². The number of esters is 2. The first-order chi connectivity index (χ1) is 12.1. The SMILES string of the molecule is CC(C)(C)C(=O)COC(=O)C(C)(C)C.CC(C)(C)C(=O)COC(=O)C(C)(C)C. The van der Waals surface area contributed by atoms with Crippen LogP contribution in [0, 0.1) is 21.7 Å². The maximum Gasteiger partial charge on any atom is 0.311 e. The molecule has 164 valence electrons. The number of hydrogen-bond donors (Lipinski definition) is 0. The van der Waals surface area contributed by atoms with Crippen molar-refractivity contribution in [1.29, 1.82) is 0 Å². The van der Waals surface area contributed by atoms with Crippen molar-refractivity contribution in [3.05, 3.63) is 0 Å². The lowest BCUT2D eigenvalue weighted by atomic mass is 9.91. The Labute approximate surface area is 170 Å². The van der Waals surface area contributed by atoms with Gasteiger partial charge in [0.25, 0.3) is 0 Å². The summed E-state index contributed by atoms with van der Waals surface area (Å²) in [6.45, 7) is 21.1. The van der Waals surface area contributed by atoms with Crippen LogP contribution in [0.25, 0.3) is 0 Å². The number of rotatable bonds is 4. The summed E-state index contributed by atoms with van der Waals surface area (Å²) >= 11 is 0. The zero-order valence-corrected chi connectivity index (χ0v) is 19.9. The number of carbonyl (C=O) groups is 4. The van der Waals surface area contributed by atoms with Gasteiger partial charge < -0.3 is 9.47 Å². The van der Waals surface area contributed by atoms with E-state index in [1.54, 1.807) is 83.1 Å². The van der Waals surface area contributed by atoms with E-state index in [0.717, 1.165) is 0 Å². The van der Waals surface area contributed by atoms with Crippen LogP contribution in [0.3, 0.4) is 0 Å². The lowest BCUT2D eigenvalue weighted by Crippen LogP contribution is -2.30. The van der Waals surface area contributed by atoms with Crippen LogP contribution in [0.15, 0.2) is 0 Å². The molecule has 0 aliphatic heterocycles. The van der Waals surface area contributed by atoms with Crippen molar-refractivity contribution in [3.63, 3.8) is 0 Å². The molecule has 0 atom stereocenters. The number of hydrogen-bond acceptors (Lipinski definition) is 6. The van der Waals surface area contributed by atoms with Crippen LogP contribution in [0.4, 0.5) is 0 Å². The summed E-state index contributed by atoms with van der Waals surface area (Å²) in [5.74, 6) is -0.796. The third kappa shape index (κ3) is 12.6. The summed E-state index contributed by atoms with van der Waals surface area (Å²) in [7, 11) is 0. The van der Waals surface area contributed by atoms with Crippen molar-refractivity contribution in [1.82, 2.24) is 0 Å². The monoisotopic (exact) mass is 400 g/mol. The summed E-state index contributed by atoms with van der Waals surface area (Å²) in [5.41, 5.74) is -1.98. The second-order valence-electron chi connectivity index (χ2n) is 11.0. The Hall–Kier alpha value is -1.72. The normalized spacial score (nSPS) is 12.4. The van der Waals surface area contributed by atoms with E-state index in [1.807, 2.05) is 0 Å². The van der Waals surface area contributed by atoms with Crippen LogP contribution in [0.2, 0.25) is 0 Å². The van der Waals surface area contributed by atoms with Crippen LogP contribution in [-0.4, -0.2) is 36.7 Å². The van der Waals surface area contributed by atoms with Crippen LogP contribution in [-0.2, 0) is 28.7 Å². The molecule has 0 aliphatic carbocycles. The fourth-order valence-electron chi connectivity index (χ4n) is 1.13. The molecule has 0 fully saturated rings. The van der Waals surface area contributed by atoms with Gasteiger partial charge >= 0.3 is 11.9 Å². The third-order valence-corrected chi connectivity index (χ3v) is 3.57. The second kappa shape index (κ2) is 10.2. The number of ketones is 2. The van der Waals surface area contributed by atoms with Crippen LogP contribution >= 0.6 is 0 Å². The highest BCUT2D eigenvalue weighted by Gasteiger charge is 2.28. The molecule has 0 bridgehead atoms. The molecular formula is C22H40O6. The summed E-state index contributed by atoms with van der Waals surface area (Å²) in [4.78, 5) is 45.5. The Kier molecular flexibility index (Phi) is 10.3. The van der Waals surface area contributed by atoms with E-state index in [4.69, 9.17) is 9.47 Å². The molecule has 0 aromatic carbocycles. The van der Waals surface area contributed by atoms with Crippen molar-refractivity contribution >= 4 is 23.5 Å². The molecule has 0 spiro atoms. The standard InChI is InChI=1S/2C11H20O3/c2*1-10(2,3)8(12)7-14-9(13)11(4,5)6/h2*7H2,1-6H3. The molecule has 0 heterocycles. The van der Waals surface area contributed by atoms with E-state index in [1.165, 1.54) is 0 Å². The molecule has 0 rings (SSSR count). The average molecular weight is 401 g/mol. The highest BCUT2D eigenvalue weighted by atomic mass is 16.5. The minimum absolute atomic E-state index is 0.0601. The van der Waals surface area contributed by atoms with E-state index < -0.39 is 21.7 Å². The first-order valence-corrected chi connectivity index (χ1v) is 9.51. The van der Waals surface area contributed by atoms with Gasteiger partial charge in [-0.2, -0.15) is 0 Å². The average Bonchev–Trinajstić information content (AvgIpc) is 2.45. The van der Waals surface area contributed by atoms with Gasteiger partial charge in [0.1, 0.15) is 0 Å². The molecule has 0 amide bonds. The minimum atomic E-state index is -0.543. The molecule has 0 N–H and O–H groups in total. The van der Waals surface area contributed by atoms with Gasteiger partial charge in [-0.3, -0.25) is 19.2 Å². The van der Waals surface area contributed by atoms with Crippen molar-refractivity contribution in [3.8, 4) is 0 Å². The quantitative estimate of drug-likeness (QED) is 0.651. The zero-order chi connectivity index (χ0) is 23.1. The third-order valence-electron chi connectivity index (χ3n) is 3.57. The molecule has 0 aromatic heterocycles. The lowest BCUT2D eigenvalue weighted by Gasteiger charge is -2.20. The van der Waals surface area contributed by atoms with E-state index in [2.05, 4.69) is 0 Å². The van der Waals surface area contributed by atoms with Crippen LogP contribution < -0.4 is 0 Å². The van der Waals surface area contributed by atoms with Crippen LogP contribution in [0.5, 0.6) is 0 Å². The molecule has 0 radical (unpaired) electrons.